The van der Waals surface area contributed by atoms with Gasteiger partial charge < -0.3 is 20.8 Å². The van der Waals surface area contributed by atoms with E-state index in [1.54, 1.807) is 13.3 Å². The fourth-order valence-electron chi connectivity index (χ4n) is 2.25. The van der Waals surface area contributed by atoms with Crippen molar-refractivity contribution in [3.8, 4) is 17.1 Å². The van der Waals surface area contributed by atoms with Gasteiger partial charge in [-0.2, -0.15) is 0 Å². The van der Waals surface area contributed by atoms with Crippen molar-refractivity contribution in [2.75, 3.05) is 19.0 Å². The zero-order valence-corrected chi connectivity index (χ0v) is 14.9. The number of rotatable bonds is 6. The number of nitrogens with two attached hydrogens (primary N) is 1. The van der Waals surface area contributed by atoms with Crippen molar-refractivity contribution in [1.82, 2.24) is 15.0 Å². The van der Waals surface area contributed by atoms with Crippen LogP contribution < -0.4 is 15.8 Å². The number of nitrogens with zero attached hydrogens (tertiary/aromatic N) is 3. The van der Waals surface area contributed by atoms with Gasteiger partial charge in [0.05, 0.1) is 19.0 Å². The van der Waals surface area contributed by atoms with Crippen LogP contribution in [0.15, 0.2) is 40.8 Å². The van der Waals surface area contributed by atoms with Gasteiger partial charge in [-0.15, -0.1) is 11.3 Å². The van der Waals surface area contributed by atoms with Crippen LogP contribution in [0.1, 0.15) is 11.4 Å². The van der Waals surface area contributed by atoms with Crippen LogP contribution in [0.4, 0.5) is 5.13 Å². The lowest BCUT2D eigenvalue weighted by molar-refractivity contribution is 0.414. The molecule has 8 heteroatoms. The maximum Gasteiger partial charge on any atom is 0.194 e. The first kappa shape index (κ1) is 17.0. The lowest BCUT2D eigenvalue weighted by Crippen LogP contribution is -2.23. The Balaban J connectivity index is 1.53. The lowest BCUT2D eigenvalue weighted by Gasteiger charge is -2.03. The van der Waals surface area contributed by atoms with Gasteiger partial charge in [0.25, 0.3) is 0 Å². The summed E-state index contributed by atoms with van der Waals surface area (Å²) >= 11 is 1.47. The van der Waals surface area contributed by atoms with Gasteiger partial charge in [-0.1, -0.05) is 12.1 Å². The van der Waals surface area contributed by atoms with E-state index < -0.39 is 0 Å². The zero-order valence-electron chi connectivity index (χ0n) is 14.1. The Kier molecular flexibility index (Phi) is 5.30. The fourth-order valence-corrected chi connectivity index (χ4v) is 2.97. The molecule has 0 saturated heterocycles. The number of thiazole rings is 1. The van der Waals surface area contributed by atoms with E-state index in [0.29, 0.717) is 17.6 Å². The number of aromatic amines is 1. The first-order valence-electron chi connectivity index (χ1n) is 7.81. The average Bonchev–Trinajstić information content (AvgIpc) is 3.24. The summed E-state index contributed by atoms with van der Waals surface area (Å²) in [7, 11) is 1.66. The number of ether oxygens (including phenoxy) is 1. The number of guanidine groups is 1. The first-order chi connectivity index (χ1) is 12.1. The summed E-state index contributed by atoms with van der Waals surface area (Å²) in [6.45, 7) is 2.51. The molecule has 0 aliphatic rings. The van der Waals surface area contributed by atoms with E-state index in [9.17, 15) is 0 Å². The Bertz CT molecular complexity index is 852. The summed E-state index contributed by atoms with van der Waals surface area (Å²) in [5.74, 6) is 2.06. The molecule has 0 aliphatic heterocycles. The molecule has 0 bridgehead atoms. The molecular weight excluding hydrogens is 336 g/mol. The third-order valence-electron chi connectivity index (χ3n) is 3.56. The molecule has 4 N–H and O–H groups in total. The molecule has 2 heterocycles. The number of aryl methyl sites for hydroxylation is 1. The number of H-pyrrole nitrogens is 1. The van der Waals surface area contributed by atoms with E-state index in [1.165, 1.54) is 16.9 Å². The Morgan fingerprint density at radius 3 is 2.84 bits per heavy atom. The van der Waals surface area contributed by atoms with Crippen LogP contribution in [0.25, 0.3) is 11.4 Å². The molecule has 0 saturated carbocycles. The number of methoxy groups -OCH3 is 1. The molecule has 3 rings (SSSR count). The molecular formula is C17H20N6OS. The number of aromatic nitrogens is 3. The molecule has 0 unspecified atom stereocenters. The topological polar surface area (TPSA) is 101 Å². The summed E-state index contributed by atoms with van der Waals surface area (Å²) < 4.78 is 5.14. The maximum atomic E-state index is 5.93. The van der Waals surface area contributed by atoms with Crippen LogP contribution in [-0.4, -0.2) is 34.6 Å². The standard InChI is InChI=1S/C17H20N6OS/c1-11-20-9-14(21-11)15-10-25-17(22-15)23-16(18)19-8-7-12-3-5-13(24-2)6-4-12/h3-6,9-10H,7-8H2,1-2H3,(H,20,21)(H3,18,19,22,23). The van der Waals surface area contributed by atoms with E-state index in [2.05, 4.69) is 25.3 Å². The normalized spacial score (nSPS) is 11.5. The molecule has 0 radical (unpaired) electrons. The number of imidazole rings is 1. The second-order valence-electron chi connectivity index (χ2n) is 5.41. The van der Waals surface area contributed by atoms with Crippen molar-refractivity contribution in [2.24, 2.45) is 10.7 Å². The van der Waals surface area contributed by atoms with Gasteiger partial charge >= 0.3 is 0 Å². The van der Waals surface area contributed by atoms with Crippen LogP contribution in [-0.2, 0) is 6.42 Å². The Labute approximate surface area is 150 Å². The van der Waals surface area contributed by atoms with Crippen LogP contribution in [0, 0.1) is 6.92 Å². The minimum atomic E-state index is 0.357. The zero-order chi connectivity index (χ0) is 17.6. The summed E-state index contributed by atoms with van der Waals surface area (Å²) in [6, 6.07) is 7.93. The van der Waals surface area contributed by atoms with Crippen molar-refractivity contribution in [3.05, 3.63) is 47.2 Å². The molecule has 1 aromatic carbocycles. The summed E-state index contributed by atoms with van der Waals surface area (Å²) in [4.78, 5) is 16.2. The highest BCUT2D eigenvalue weighted by molar-refractivity contribution is 7.14. The predicted molar refractivity (Wildman–Crippen MR) is 101 cm³/mol. The third kappa shape index (κ3) is 4.57. The minimum Gasteiger partial charge on any atom is -0.497 e. The van der Waals surface area contributed by atoms with Crippen LogP contribution in [0.5, 0.6) is 5.75 Å². The Hall–Kier alpha value is -2.87. The number of anilines is 1. The average molecular weight is 356 g/mol. The van der Waals surface area contributed by atoms with E-state index in [-0.39, 0.29) is 0 Å². The number of benzene rings is 1. The molecule has 25 heavy (non-hydrogen) atoms. The van der Waals surface area contributed by atoms with Gasteiger partial charge in [0, 0.05) is 11.9 Å². The molecule has 0 spiro atoms. The first-order valence-corrected chi connectivity index (χ1v) is 8.69. The minimum absolute atomic E-state index is 0.357. The maximum absolute atomic E-state index is 5.93. The van der Waals surface area contributed by atoms with Crippen molar-refractivity contribution in [1.29, 1.82) is 0 Å². The van der Waals surface area contributed by atoms with Gasteiger partial charge in [0.15, 0.2) is 11.1 Å². The van der Waals surface area contributed by atoms with Crippen molar-refractivity contribution < 1.29 is 4.74 Å². The summed E-state index contributed by atoms with van der Waals surface area (Å²) in [6.07, 6.45) is 2.57. The number of hydrogen-bond acceptors (Lipinski definition) is 5. The van der Waals surface area contributed by atoms with Gasteiger partial charge in [0.1, 0.15) is 17.3 Å². The molecule has 7 nitrogen and oxygen atoms in total. The molecule has 2 aromatic heterocycles. The number of aliphatic imine (C=N–C) groups is 1. The number of nitrogens with one attached hydrogen (secondary N) is 2. The monoisotopic (exact) mass is 356 g/mol. The van der Waals surface area contributed by atoms with Crippen LogP contribution in [0.3, 0.4) is 0 Å². The Morgan fingerprint density at radius 2 is 2.16 bits per heavy atom. The largest absolute Gasteiger partial charge is 0.497 e. The second-order valence-corrected chi connectivity index (χ2v) is 6.27. The molecule has 0 amide bonds. The highest BCUT2D eigenvalue weighted by atomic mass is 32.1. The Morgan fingerprint density at radius 1 is 1.36 bits per heavy atom. The van der Waals surface area contributed by atoms with E-state index >= 15 is 0 Å². The highest BCUT2D eigenvalue weighted by Crippen LogP contribution is 2.23. The number of hydrogen-bond donors (Lipinski definition) is 3. The SMILES string of the molecule is COc1ccc(CCN=C(N)Nc2nc(-c3cnc(C)[nH]3)cs2)cc1. The molecule has 0 aliphatic carbocycles. The second kappa shape index (κ2) is 7.80. The van der Waals surface area contributed by atoms with Crippen molar-refractivity contribution in [3.63, 3.8) is 0 Å². The highest BCUT2D eigenvalue weighted by Gasteiger charge is 2.07. The third-order valence-corrected chi connectivity index (χ3v) is 4.32. The van der Waals surface area contributed by atoms with Gasteiger partial charge in [-0.3, -0.25) is 4.99 Å². The summed E-state index contributed by atoms with van der Waals surface area (Å²) in [5, 5.41) is 5.67. The molecule has 0 fully saturated rings. The van der Waals surface area contributed by atoms with Crippen LogP contribution in [0.2, 0.25) is 0 Å². The molecule has 130 valence electrons. The fraction of sp³-hybridized carbons (Fsp3) is 0.235. The molecule has 3 aromatic rings. The van der Waals surface area contributed by atoms with Crippen molar-refractivity contribution in [2.45, 2.75) is 13.3 Å². The lowest BCUT2D eigenvalue weighted by atomic mass is 10.1. The smallest absolute Gasteiger partial charge is 0.194 e. The van der Waals surface area contributed by atoms with Crippen molar-refractivity contribution >= 4 is 22.4 Å². The van der Waals surface area contributed by atoms with E-state index in [4.69, 9.17) is 10.5 Å². The van der Waals surface area contributed by atoms with Gasteiger partial charge in [0.2, 0.25) is 0 Å². The van der Waals surface area contributed by atoms with Gasteiger partial charge in [-0.25, -0.2) is 9.97 Å². The van der Waals surface area contributed by atoms with E-state index in [0.717, 1.165) is 29.4 Å². The molecule has 0 atom stereocenters. The van der Waals surface area contributed by atoms with Crippen LogP contribution >= 0.6 is 11.3 Å². The summed E-state index contributed by atoms with van der Waals surface area (Å²) in [5.41, 5.74) is 8.84. The van der Waals surface area contributed by atoms with Gasteiger partial charge in [-0.05, 0) is 31.0 Å². The van der Waals surface area contributed by atoms with E-state index in [1.807, 2.05) is 36.6 Å². The quantitative estimate of drug-likeness (QED) is 0.466. The predicted octanol–water partition coefficient (Wildman–Crippen LogP) is 2.82.